The predicted molar refractivity (Wildman–Crippen MR) is 145 cm³/mol. The summed E-state index contributed by atoms with van der Waals surface area (Å²) in [7, 11) is 3.70. The van der Waals surface area contributed by atoms with Gasteiger partial charge in [0.2, 0.25) is 0 Å². The SMILES string of the molecule is CN(C)[C@@H](Cc1ccccc1)C(=O)O[C@H]1Cc2ccccc2[C@H]1N1C(=O)c2cccc3cccc(c23)C1=O. The third-order valence-electron chi connectivity index (χ3n) is 7.66. The molecule has 0 saturated carbocycles. The molecule has 0 spiro atoms. The first kappa shape index (κ1) is 24.1. The molecule has 0 saturated heterocycles. The topological polar surface area (TPSA) is 66.9 Å². The van der Waals surface area contributed by atoms with Crippen LogP contribution in [0.25, 0.3) is 10.8 Å². The molecule has 38 heavy (non-hydrogen) atoms. The number of ether oxygens (including phenoxy) is 1. The summed E-state index contributed by atoms with van der Waals surface area (Å²) in [6, 6.07) is 27.3. The number of imide groups is 1. The van der Waals surface area contributed by atoms with Crippen LogP contribution in [-0.4, -0.2) is 53.8 Å². The molecule has 3 atom stereocenters. The maximum Gasteiger partial charge on any atom is 0.324 e. The van der Waals surface area contributed by atoms with Crippen LogP contribution < -0.4 is 0 Å². The fourth-order valence-corrected chi connectivity index (χ4v) is 5.79. The van der Waals surface area contributed by atoms with Crippen LogP contribution in [0.4, 0.5) is 0 Å². The molecular weight excluding hydrogens is 476 g/mol. The summed E-state index contributed by atoms with van der Waals surface area (Å²) in [6.45, 7) is 0. The Kier molecular flexibility index (Phi) is 6.04. The van der Waals surface area contributed by atoms with Crippen molar-refractivity contribution in [1.82, 2.24) is 9.80 Å². The molecule has 0 N–H and O–H groups in total. The maximum atomic E-state index is 13.9. The van der Waals surface area contributed by atoms with E-state index in [1.807, 2.05) is 97.9 Å². The molecule has 2 aliphatic rings. The third kappa shape index (κ3) is 3.98. The largest absolute Gasteiger partial charge is 0.458 e. The van der Waals surface area contributed by atoms with Gasteiger partial charge in [-0.25, -0.2) is 0 Å². The van der Waals surface area contributed by atoms with Gasteiger partial charge in [-0.1, -0.05) is 78.9 Å². The lowest BCUT2D eigenvalue weighted by Gasteiger charge is -2.35. The van der Waals surface area contributed by atoms with Crippen molar-refractivity contribution in [1.29, 1.82) is 0 Å². The van der Waals surface area contributed by atoms with E-state index in [4.69, 9.17) is 4.74 Å². The number of carbonyl (C=O) groups excluding carboxylic acids is 3. The monoisotopic (exact) mass is 504 g/mol. The summed E-state index contributed by atoms with van der Waals surface area (Å²) in [5, 5.41) is 1.53. The first-order valence-electron chi connectivity index (χ1n) is 12.8. The van der Waals surface area contributed by atoms with Crippen LogP contribution in [0.15, 0.2) is 91.0 Å². The number of amides is 2. The van der Waals surface area contributed by atoms with E-state index in [0.29, 0.717) is 29.4 Å². The summed E-state index contributed by atoms with van der Waals surface area (Å²) >= 11 is 0. The van der Waals surface area contributed by atoms with Gasteiger partial charge in [-0.05, 0) is 54.7 Å². The van der Waals surface area contributed by atoms with Gasteiger partial charge in [0.25, 0.3) is 11.8 Å². The van der Waals surface area contributed by atoms with Gasteiger partial charge in [-0.3, -0.25) is 24.2 Å². The number of fused-ring (bicyclic) bond motifs is 1. The summed E-state index contributed by atoms with van der Waals surface area (Å²) in [5.41, 5.74) is 3.81. The quantitative estimate of drug-likeness (QED) is 0.278. The Morgan fingerprint density at radius 2 is 1.50 bits per heavy atom. The predicted octanol–water partition coefficient (Wildman–Crippen LogP) is 4.82. The van der Waals surface area contributed by atoms with Crippen LogP contribution in [0.1, 0.15) is 43.4 Å². The third-order valence-corrected chi connectivity index (χ3v) is 7.66. The van der Waals surface area contributed by atoms with Crippen LogP contribution in [0.5, 0.6) is 0 Å². The van der Waals surface area contributed by atoms with Gasteiger partial charge in [0, 0.05) is 22.9 Å². The number of hydrogen-bond acceptors (Lipinski definition) is 5. The molecule has 0 unspecified atom stereocenters. The molecule has 0 aromatic heterocycles. The highest BCUT2D eigenvalue weighted by Gasteiger charge is 2.47. The van der Waals surface area contributed by atoms with Crippen molar-refractivity contribution < 1.29 is 19.1 Å². The van der Waals surface area contributed by atoms with E-state index in [-0.39, 0.29) is 17.8 Å². The van der Waals surface area contributed by atoms with Gasteiger partial charge >= 0.3 is 5.97 Å². The Hall–Kier alpha value is -4.29. The van der Waals surface area contributed by atoms with Crippen molar-refractivity contribution in [3.05, 3.63) is 119 Å². The number of hydrogen-bond donors (Lipinski definition) is 0. The average molecular weight is 505 g/mol. The van der Waals surface area contributed by atoms with Gasteiger partial charge in [-0.15, -0.1) is 0 Å². The van der Waals surface area contributed by atoms with Crippen molar-refractivity contribution in [3.8, 4) is 0 Å². The summed E-state index contributed by atoms with van der Waals surface area (Å²) in [4.78, 5) is 44.5. The van der Waals surface area contributed by atoms with Crippen LogP contribution in [-0.2, 0) is 22.4 Å². The van der Waals surface area contributed by atoms with E-state index in [1.165, 1.54) is 4.90 Å². The van der Waals surface area contributed by atoms with Crippen LogP contribution >= 0.6 is 0 Å². The fourth-order valence-electron chi connectivity index (χ4n) is 5.79. The molecule has 4 aromatic carbocycles. The molecule has 1 aliphatic carbocycles. The molecule has 190 valence electrons. The second kappa shape index (κ2) is 9.54. The number of benzene rings is 4. The molecule has 0 bridgehead atoms. The number of nitrogens with zero attached hydrogens (tertiary/aromatic N) is 2. The molecule has 6 nitrogen and oxygen atoms in total. The molecule has 6 heteroatoms. The van der Waals surface area contributed by atoms with Gasteiger partial charge in [-0.2, -0.15) is 0 Å². The van der Waals surface area contributed by atoms with Gasteiger partial charge in [0.1, 0.15) is 18.2 Å². The minimum absolute atomic E-state index is 0.365. The molecular formula is C32H28N2O4. The van der Waals surface area contributed by atoms with E-state index in [1.54, 1.807) is 12.1 Å². The van der Waals surface area contributed by atoms with Crippen molar-refractivity contribution in [2.24, 2.45) is 0 Å². The van der Waals surface area contributed by atoms with Gasteiger partial charge in [0.15, 0.2) is 0 Å². The van der Waals surface area contributed by atoms with E-state index in [9.17, 15) is 14.4 Å². The minimum Gasteiger partial charge on any atom is -0.458 e. The highest BCUT2D eigenvalue weighted by Crippen LogP contribution is 2.42. The van der Waals surface area contributed by atoms with E-state index in [0.717, 1.165) is 22.1 Å². The van der Waals surface area contributed by atoms with Crippen LogP contribution in [0.3, 0.4) is 0 Å². The molecule has 1 heterocycles. The standard InChI is InChI=1S/C32H28N2O4/c1-33(2)26(18-20-10-4-3-5-11-20)32(37)38-27-19-22-12-6-7-15-23(22)29(27)34-30(35)24-16-8-13-21-14-9-17-25(28(21)24)31(34)36/h3-17,26-27,29H,18-19H2,1-2H3/t26-,27-,29+/m0/s1. The molecule has 4 aromatic rings. The Labute approximate surface area is 221 Å². The summed E-state index contributed by atoms with van der Waals surface area (Å²) < 4.78 is 6.19. The Bertz CT molecular complexity index is 1510. The second-order valence-corrected chi connectivity index (χ2v) is 10.2. The smallest absolute Gasteiger partial charge is 0.324 e. The zero-order chi connectivity index (χ0) is 26.4. The lowest BCUT2D eigenvalue weighted by atomic mass is 9.92. The molecule has 2 amide bonds. The molecule has 0 radical (unpaired) electrons. The lowest BCUT2D eigenvalue weighted by Crippen LogP contribution is -2.48. The fraction of sp³-hybridized carbons (Fsp3) is 0.219. The van der Waals surface area contributed by atoms with E-state index < -0.39 is 18.2 Å². The number of esters is 1. The average Bonchev–Trinajstić information content (AvgIpc) is 3.28. The van der Waals surface area contributed by atoms with Crippen LogP contribution in [0.2, 0.25) is 0 Å². The molecule has 6 rings (SSSR count). The van der Waals surface area contributed by atoms with E-state index >= 15 is 0 Å². The van der Waals surface area contributed by atoms with Crippen molar-refractivity contribution >= 4 is 28.6 Å². The Morgan fingerprint density at radius 1 is 0.868 bits per heavy atom. The maximum absolute atomic E-state index is 13.9. The first-order chi connectivity index (χ1) is 18.4. The van der Waals surface area contributed by atoms with E-state index in [2.05, 4.69) is 0 Å². The van der Waals surface area contributed by atoms with Crippen molar-refractivity contribution in [3.63, 3.8) is 0 Å². The van der Waals surface area contributed by atoms with Gasteiger partial charge in [0.05, 0.1) is 0 Å². The second-order valence-electron chi connectivity index (χ2n) is 10.2. The number of rotatable bonds is 6. The minimum atomic E-state index is -0.710. The van der Waals surface area contributed by atoms with Crippen molar-refractivity contribution in [2.45, 2.75) is 31.0 Å². The summed E-state index contributed by atoms with van der Waals surface area (Å²) in [6.07, 6.45) is 0.241. The Morgan fingerprint density at radius 3 is 2.16 bits per heavy atom. The lowest BCUT2D eigenvalue weighted by molar-refractivity contribution is -0.156. The molecule has 1 aliphatic heterocycles. The zero-order valence-electron chi connectivity index (χ0n) is 21.3. The summed E-state index contributed by atoms with van der Waals surface area (Å²) in [5.74, 6) is -1.10. The van der Waals surface area contributed by atoms with Crippen LogP contribution in [0, 0.1) is 0 Å². The molecule has 0 fully saturated rings. The highest BCUT2D eigenvalue weighted by molar-refractivity contribution is 6.25. The highest BCUT2D eigenvalue weighted by atomic mass is 16.5. The zero-order valence-corrected chi connectivity index (χ0v) is 21.3. The number of carbonyl (C=O) groups is 3. The number of likely N-dealkylation sites (N-methyl/N-ethyl adjacent to an activating group) is 1. The Balaban J connectivity index is 1.36. The normalized spacial score (nSPS) is 19.1. The first-order valence-corrected chi connectivity index (χ1v) is 12.8. The van der Waals surface area contributed by atoms with Crippen molar-refractivity contribution in [2.75, 3.05) is 14.1 Å². The van der Waals surface area contributed by atoms with Gasteiger partial charge < -0.3 is 4.74 Å².